The fourth-order valence-electron chi connectivity index (χ4n) is 2.01. The molecule has 1 rings (SSSR count). The maximum atomic E-state index is 5.87. The summed E-state index contributed by atoms with van der Waals surface area (Å²) in [5, 5.41) is 3.59. The second-order valence-corrected chi connectivity index (χ2v) is 5.27. The zero-order valence-corrected chi connectivity index (χ0v) is 12.3. The first-order valence-electron chi connectivity index (χ1n) is 6.91. The second kappa shape index (κ2) is 7.59. The van der Waals surface area contributed by atoms with Gasteiger partial charge in [0.15, 0.2) is 0 Å². The molecule has 0 aliphatic heterocycles. The van der Waals surface area contributed by atoms with Crippen LogP contribution in [0.15, 0.2) is 16.5 Å². The first kappa shape index (κ1) is 15.3. The summed E-state index contributed by atoms with van der Waals surface area (Å²) in [5.41, 5.74) is 0. The van der Waals surface area contributed by atoms with Crippen molar-refractivity contribution in [2.75, 3.05) is 13.7 Å². The van der Waals surface area contributed by atoms with Crippen LogP contribution in [0, 0.1) is 11.8 Å². The van der Waals surface area contributed by atoms with E-state index in [4.69, 9.17) is 9.15 Å². The van der Waals surface area contributed by atoms with Crippen molar-refractivity contribution in [1.29, 1.82) is 0 Å². The summed E-state index contributed by atoms with van der Waals surface area (Å²) >= 11 is 0. The minimum Gasteiger partial charge on any atom is -0.462 e. The van der Waals surface area contributed by atoms with Crippen molar-refractivity contribution < 1.29 is 9.15 Å². The van der Waals surface area contributed by atoms with Crippen LogP contribution in [-0.4, -0.2) is 13.7 Å². The van der Waals surface area contributed by atoms with Gasteiger partial charge in [0.05, 0.1) is 6.04 Å². The van der Waals surface area contributed by atoms with Crippen LogP contribution in [-0.2, 0) is 11.3 Å². The highest BCUT2D eigenvalue weighted by Crippen LogP contribution is 2.29. The Morgan fingerprint density at radius 3 is 2.56 bits per heavy atom. The standard InChI is InChI=1S/C15H27NO2/c1-6-9-16-15(12(4)11(2)3)14-8-7-13(18-14)10-17-5/h7-8,11-12,15-16H,6,9-10H2,1-5H3. The van der Waals surface area contributed by atoms with Gasteiger partial charge in [0.1, 0.15) is 18.1 Å². The molecule has 0 aliphatic carbocycles. The maximum absolute atomic E-state index is 5.87. The van der Waals surface area contributed by atoms with Gasteiger partial charge in [-0.25, -0.2) is 0 Å². The molecule has 0 saturated heterocycles. The van der Waals surface area contributed by atoms with Crippen molar-refractivity contribution in [3.05, 3.63) is 23.7 Å². The molecule has 3 nitrogen and oxygen atoms in total. The number of hydrogen-bond donors (Lipinski definition) is 1. The molecule has 1 N–H and O–H groups in total. The van der Waals surface area contributed by atoms with E-state index in [0.29, 0.717) is 18.4 Å². The van der Waals surface area contributed by atoms with E-state index in [-0.39, 0.29) is 6.04 Å². The number of nitrogens with one attached hydrogen (secondary N) is 1. The van der Waals surface area contributed by atoms with Crippen LogP contribution in [0.3, 0.4) is 0 Å². The Kier molecular flexibility index (Phi) is 6.44. The monoisotopic (exact) mass is 253 g/mol. The lowest BCUT2D eigenvalue weighted by Gasteiger charge is -2.26. The Morgan fingerprint density at radius 1 is 1.28 bits per heavy atom. The van der Waals surface area contributed by atoms with Crippen molar-refractivity contribution in [2.24, 2.45) is 11.8 Å². The fraction of sp³-hybridized carbons (Fsp3) is 0.733. The van der Waals surface area contributed by atoms with Crippen molar-refractivity contribution in [1.82, 2.24) is 5.32 Å². The Balaban J connectivity index is 2.79. The Hall–Kier alpha value is -0.800. The molecular formula is C15H27NO2. The van der Waals surface area contributed by atoms with Crippen LogP contribution >= 0.6 is 0 Å². The molecule has 0 fully saturated rings. The maximum Gasteiger partial charge on any atom is 0.129 e. The molecule has 0 radical (unpaired) electrons. The van der Waals surface area contributed by atoms with Gasteiger partial charge in [-0.3, -0.25) is 0 Å². The van der Waals surface area contributed by atoms with Crippen molar-refractivity contribution >= 4 is 0 Å². The van der Waals surface area contributed by atoms with Gasteiger partial charge in [0, 0.05) is 7.11 Å². The predicted octanol–water partition coefficient (Wildman–Crippen LogP) is 3.76. The number of hydrogen-bond acceptors (Lipinski definition) is 3. The summed E-state index contributed by atoms with van der Waals surface area (Å²) in [5.74, 6) is 3.08. The molecule has 104 valence electrons. The molecule has 1 aromatic heterocycles. The SMILES string of the molecule is CCCNC(c1ccc(COC)o1)C(C)C(C)C. The summed E-state index contributed by atoms with van der Waals surface area (Å²) in [6.07, 6.45) is 1.13. The molecule has 1 aromatic rings. The lowest BCUT2D eigenvalue weighted by Crippen LogP contribution is -2.29. The molecule has 0 saturated carbocycles. The highest BCUT2D eigenvalue weighted by atomic mass is 16.5. The average Bonchev–Trinajstić information content (AvgIpc) is 2.78. The van der Waals surface area contributed by atoms with Crippen molar-refractivity contribution in [2.45, 2.75) is 46.8 Å². The third kappa shape index (κ3) is 4.14. The van der Waals surface area contributed by atoms with E-state index < -0.39 is 0 Å². The molecule has 0 spiro atoms. The molecule has 0 amide bonds. The van der Waals surface area contributed by atoms with Gasteiger partial charge < -0.3 is 14.5 Å². The number of furan rings is 1. The van der Waals surface area contributed by atoms with Gasteiger partial charge in [0.2, 0.25) is 0 Å². The third-order valence-corrected chi connectivity index (χ3v) is 3.47. The van der Waals surface area contributed by atoms with Gasteiger partial charge >= 0.3 is 0 Å². The van der Waals surface area contributed by atoms with Crippen molar-refractivity contribution in [3.63, 3.8) is 0 Å². The quantitative estimate of drug-likeness (QED) is 0.766. The van der Waals surface area contributed by atoms with E-state index >= 15 is 0 Å². The number of ether oxygens (including phenoxy) is 1. The summed E-state index contributed by atoms with van der Waals surface area (Å²) in [7, 11) is 1.69. The molecule has 1 heterocycles. The number of methoxy groups -OCH3 is 1. The van der Waals surface area contributed by atoms with E-state index in [1.54, 1.807) is 7.11 Å². The lowest BCUT2D eigenvalue weighted by molar-refractivity contribution is 0.158. The molecule has 18 heavy (non-hydrogen) atoms. The Labute approximate surface area is 111 Å². The van der Waals surface area contributed by atoms with Crippen LogP contribution in [0.4, 0.5) is 0 Å². The summed E-state index contributed by atoms with van der Waals surface area (Å²) in [6, 6.07) is 4.36. The fourth-order valence-corrected chi connectivity index (χ4v) is 2.01. The highest BCUT2D eigenvalue weighted by Gasteiger charge is 2.24. The first-order chi connectivity index (χ1) is 8.60. The largest absolute Gasteiger partial charge is 0.462 e. The topological polar surface area (TPSA) is 34.4 Å². The van der Waals surface area contributed by atoms with E-state index in [2.05, 4.69) is 39.1 Å². The zero-order chi connectivity index (χ0) is 13.5. The third-order valence-electron chi connectivity index (χ3n) is 3.47. The molecule has 3 heteroatoms. The minimum atomic E-state index is 0.288. The van der Waals surface area contributed by atoms with E-state index in [9.17, 15) is 0 Å². The van der Waals surface area contributed by atoms with E-state index in [1.807, 2.05) is 6.07 Å². The average molecular weight is 253 g/mol. The molecular weight excluding hydrogens is 226 g/mol. The molecule has 0 aliphatic rings. The Morgan fingerprint density at radius 2 is 2.00 bits per heavy atom. The van der Waals surface area contributed by atoms with Crippen LogP contribution in [0.1, 0.15) is 51.7 Å². The van der Waals surface area contributed by atoms with E-state index in [1.165, 1.54) is 0 Å². The summed E-state index contributed by atoms with van der Waals surface area (Å²) in [4.78, 5) is 0. The van der Waals surface area contributed by atoms with Crippen LogP contribution in [0.5, 0.6) is 0 Å². The van der Waals surface area contributed by atoms with Gasteiger partial charge in [-0.2, -0.15) is 0 Å². The summed E-state index contributed by atoms with van der Waals surface area (Å²) < 4.78 is 11.0. The molecule has 2 unspecified atom stereocenters. The summed E-state index contributed by atoms with van der Waals surface area (Å²) in [6.45, 7) is 10.5. The highest BCUT2D eigenvalue weighted by molar-refractivity contribution is 5.11. The van der Waals surface area contributed by atoms with Crippen LogP contribution in [0.2, 0.25) is 0 Å². The van der Waals surface area contributed by atoms with E-state index in [0.717, 1.165) is 24.5 Å². The molecule has 0 aromatic carbocycles. The minimum absolute atomic E-state index is 0.288. The van der Waals surface area contributed by atoms with Crippen molar-refractivity contribution in [3.8, 4) is 0 Å². The second-order valence-electron chi connectivity index (χ2n) is 5.27. The zero-order valence-electron chi connectivity index (χ0n) is 12.3. The van der Waals surface area contributed by atoms with Crippen LogP contribution in [0.25, 0.3) is 0 Å². The predicted molar refractivity (Wildman–Crippen MR) is 74.5 cm³/mol. The van der Waals surface area contributed by atoms with Gasteiger partial charge in [-0.05, 0) is 36.9 Å². The molecule has 0 bridgehead atoms. The number of rotatable bonds is 8. The Bertz CT molecular complexity index is 333. The first-order valence-corrected chi connectivity index (χ1v) is 6.91. The lowest BCUT2D eigenvalue weighted by atomic mass is 9.89. The smallest absolute Gasteiger partial charge is 0.129 e. The van der Waals surface area contributed by atoms with Gasteiger partial charge in [-0.1, -0.05) is 27.7 Å². The normalized spacial score (nSPS) is 15.0. The van der Waals surface area contributed by atoms with Gasteiger partial charge in [0.25, 0.3) is 0 Å². The van der Waals surface area contributed by atoms with Gasteiger partial charge in [-0.15, -0.1) is 0 Å². The van der Waals surface area contributed by atoms with Crippen LogP contribution < -0.4 is 5.32 Å². The molecule has 2 atom stereocenters.